The van der Waals surface area contributed by atoms with E-state index in [4.69, 9.17) is 4.42 Å². The minimum Gasteiger partial charge on any atom is -0.451 e. The minimum atomic E-state index is -0.103. The first-order valence-electron chi connectivity index (χ1n) is 7.04. The van der Waals surface area contributed by atoms with Crippen molar-refractivity contribution in [2.24, 2.45) is 0 Å². The van der Waals surface area contributed by atoms with Crippen LogP contribution in [-0.2, 0) is 6.54 Å². The maximum Gasteiger partial charge on any atom is 0.289 e. The highest BCUT2D eigenvalue weighted by Crippen LogP contribution is 2.28. The van der Waals surface area contributed by atoms with E-state index in [0.717, 1.165) is 26.6 Å². The van der Waals surface area contributed by atoms with E-state index in [0.29, 0.717) is 12.3 Å². The van der Waals surface area contributed by atoms with Crippen LogP contribution in [0.5, 0.6) is 0 Å². The summed E-state index contributed by atoms with van der Waals surface area (Å²) in [6.45, 7) is 2.47. The number of hydrogen-bond donors (Lipinski definition) is 0. The molecule has 0 unspecified atom stereocenters. The van der Waals surface area contributed by atoms with Crippen molar-refractivity contribution in [2.75, 3.05) is 7.05 Å². The smallest absolute Gasteiger partial charge is 0.289 e. The highest BCUT2D eigenvalue weighted by molar-refractivity contribution is 9.10. The quantitative estimate of drug-likeness (QED) is 0.675. The number of furan rings is 1. The Morgan fingerprint density at radius 2 is 1.91 bits per heavy atom. The molecule has 0 aliphatic rings. The third-order valence-corrected chi connectivity index (χ3v) is 4.19. The maximum atomic E-state index is 12.6. The van der Waals surface area contributed by atoms with Gasteiger partial charge in [-0.3, -0.25) is 4.79 Å². The van der Waals surface area contributed by atoms with Crippen LogP contribution in [0.2, 0.25) is 0 Å². The number of amides is 1. The first kappa shape index (κ1) is 14.9. The van der Waals surface area contributed by atoms with Crippen LogP contribution in [0.1, 0.15) is 21.7 Å². The molecule has 3 rings (SSSR count). The summed E-state index contributed by atoms with van der Waals surface area (Å²) in [7, 11) is 1.79. The van der Waals surface area contributed by atoms with Gasteiger partial charge in [-0.2, -0.15) is 0 Å². The van der Waals surface area contributed by atoms with Crippen molar-refractivity contribution in [3.63, 3.8) is 0 Å². The molecule has 0 saturated heterocycles. The van der Waals surface area contributed by atoms with Crippen LogP contribution in [0.25, 0.3) is 11.0 Å². The first-order chi connectivity index (χ1) is 10.6. The Balaban J connectivity index is 1.90. The van der Waals surface area contributed by atoms with Gasteiger partial charge >= 0.3 is 0 Å². The number of benzene rings is 2. The predicted octanol–water partition coefficient (Wildman–Crippen LogP) is 4.78. The molecular formula is C18H16BrNO2. The van der Waals surface area contributed by atoms with Crippen LogP contribution < -0.4 is 0 Å². The molecule has 4 heteroatoms. The van der Waals surface area contributed by atoms with Crippen LogP contribution in [0.3, 0.4) is 0 Å². The maximum absolute atomic E-state index is 12.6. The van der Waals surface area contributed by atoms with Crippen molar-refractivity contribution in [3.05, 3.63) is 69.9 Å². The molecule has 0 spiro atoms. The van der Waals surface area contributed by atoms with E-state index in [2.05, 4.69) is 15.9 Å². The van der Waals surface area contributed by atoms with Gasteiger partial charge in [-0.1, -0.05) is 46.3 Å². The number of halogens is 1. The van der Waals surface area contributed by atoms with Gasteiger partial charge in [0.05, 0.1) is 0 Å². The highest BCUT2D eigenvalue weighted by Gasteiger charge is 2.21. The third-order valence-electron chi connectivity index (χ3n) is 3.70. The average molecular weight is 358 g/mol. The molecule has 3 aromatic rings. The van der Waals surface area contributed by atoms with E-state index in [-0.39, 0.29) is 5.91 Å². The topological polar surface area (TPSA) is 33.5 Å². The summed E-state index contributed by atoms with van der Waals surface area (Å²) in [4.78, 5) is 14.3. The van der Waals surface area contributed by atoms with Gasteiger partial charge in [0.25, 0.3) is 5.91 Å². The van der Waals surface area contributed by atoms with Crippen molar-refractivity contribution >= 4 is 32.8 Å². The summed E-state index contributed by atoms with van der Waals surface area (Å²) in [5.74, 6) is 0.306. The molecule has 0 fully saturated rings. The van der Waals surface area contributed by atoms with E-state index < -0.39 is 0 Å². The zero-order chi connectivity index (χ0) is 15.7. The van der Waals surface area contributed by atoms with Crippen LogP contribution >= 0.6 is 15.9 Å². The normalized spacial score (nSPS) is 10.9. The predicted molar refractivity (Wildman–Crippen MR) is 90.9 cm³/mol. The van der Waals surface area contributed by atoms with E-state index in [1.165, 1.54) is 0 Å². The molecule has 0 bridgehead atoms. The lowest BCUT2D eigenvalue weighted by atomic mass is 10.1. The Morgan fingerprint density at radius 3 is 2.64 bits per heavy atom. The molecule has 2 aromatic carbocycles. The van der Waals surface area contributed by atoms with Crippen molar-refractivity contribution in [1.82, 2.24) is 4.90 Å². The molecule has 0 radical (unpaired) electrons. The largest absolute Gasteiger partial charge is 0.451 e. The van der Waals surface area contributed by atoms with Gasteiger partial charge in [-0.15, -0.1) is 0 Å². The number of fused-ring (bicyclic) bond motifs is 1. The van der Waals surface area contributed by atoms with Gasteiger partial charge in [0.1, 0.15) is 5.58 Å². The molecule has 0 saturated carbocycles. The van der Waals surface area contributed by atoms with E-state index in [9.17, 15) is 4.79 Å². The zero-order valence-corrected chi connectivity index (χ0v) is 14.1. The molecule has 0 N–H and O–H groups in total. The second-order valence-electron chi connectivity index (χ2n) is 5.34. The summed E-state index contributed by atoms with van der Waals surface area (Å²) in [5, 5.41) is 0.964. The first-order valence-corrected chi connectivity index (χ1v) is 7.83. The lowest BCUT2D eigenvalue weighted by Crippen LogP contribution is -2.26. The van der Waals surface area contributed by atoms with Gasteiger partial charge in [0.2, 0.25) is 0 Å². The van der Waals surface area contributed by atoms with Gasteiger partial charge in [0, 0.05) is 29.0 Å². The van der Waals surface area contributed by atoms with Crippen molar-refractivity contribution in [3.8, 4) is 0 Å². The van der Waals surface area contributed by atoms with Crippen molar-refractivity contribution in [2.45, 2.75) is 13.5 Å². The molecule has 1 heterocycles. The summed E-state index contributed by atoms with van der Waals surface area (Å²) >= 11 is 3.45. The second-order valence-corrected chi connectivity index (χ2v) is 6.26. The number of aryl methyl sites for hydroxylation is 1. The monoisotopic (exact) mass is 357 g/mol. The number of carbonyl (C=O) groups is 1. The fraction of sp³-hybridized carbons (Fsp3) is 0.167. The molecule has 1 amide bonds. The van der Waals surface area contributed by atoms with Gasteiger partial charge < -0.3 is 9.32 Å². The van der Waals surface area contributed by atoms with Crippen LogP contribution in [0, 0.1) is 6.92 Å². The molecule has 112 valence electrons. The van der Waals surface area contributed by atoms with Crippen molar-refractivity contribution < 1.29 is 9.21 Å². The Labute approximate surface area is 137 Å². The Kier molecular flexibility index (Phi) is 4.03. The highest BCUT2D eigenvalue weighted by atomic mass is 79.9. The van der Waals surface area contributed by atoms with Crippen LogP contribution in [0.15, 0.2) is 57.4 Å². The molecular weight excluding hydrogens is 342 g/mol. The summed E-state index contributed by atoms with van der Waals surface area (Å²) < 4.78 is 6.74. The lowest BCUT2D eigenvalue weighted by Gasteiger charge is -2.16. The number of nitrogens with zero attached hydrogens (tertiary/aromatic N) is 1. The van der Waals surface area contributed by atoms with E-state index in [1.54, 1.807) is 11.9 Å². The molecule has 22 heavy (non-hydrogen) atoms. The second kappa shape index (κ2) is 5.97. The SMILES string of the molecule is Cc1c(C(=O)N(C)Cc2ccccc2)oc2ccc(Br)cc12. The fourth-order valence-corrected chi connectivity index (χ4v) is 2.86. The molecule has 0 aliphatic carbocycles. The Bertz CT molecular complexity index is 824. The summed E-state index contributed by atoms with van der Waals surface area (Å²) in [6.07, 6.45) is 0. The van der Waals surface area contributed by atoms with E-state index >= 15 is 0 Å². The number of carbonyl (C=O) groups excluding carboxylic acids is 1. The molecule has 3 nitrogen and oxygen atoms in total. The van der Waals surface area contributed by atoms with Crippen LogP contribution in [0.4, 0.5) is 0 Å². The molecule has 0 atom stereocenters. The lowest BCUT2D eigenvalue weighted by molar-refractivity contribution is 0.0755. The van der Waals surface area contributed by atoms with Gasteiger partial charge in [-0.25, -0.2) is 0 Å². The van der Waals surface area contributed by atoms with Crippen molar-refractivity contribution in [1.29, 1.82) is 0 Å². The summed E-state index contributed by atoms with van der Waals surface area (Å²) in [5.41, 5.74) is 2.70. The minimum absolute atomic E-state index is 0.103. The Hall–Kier alpha value is -2.07. The molecule has 0 aliphatic heterocycles. The average Bonchev–Trinajstić information content (AvgIpc) is 2.84. The fourth-order valence-electron chi connectivity index (χ4n) is 2.50. The summed E-state index contributed by atoms with van der Waals surface area (Å²) in [6, 6.07) is 15.7. The molecule has 1 aromatic heterocycles. The zero-order valence-electron chi connectivity index (χ0n) is 12.5. The third kappa shape index (κ3) is 2.79. The standard InChI is InChI=1S/C18H16BrNO2/c1-12-15-10-14(19)8-9-16(15)22-17(12)18(21)20(2)11-13-6-4-3-5-7-13/h3-10H,11H2,1-2H3. The number of rotatable bonds is 3. The van der Waals surface area contributed by atoms with E-state index in [1.807, 2.05) is 55.5 Å². The van der Waals surface area contributed by atoms with Gasteiger partial charge in [-0.05, 0) is 30.7 Å². The number of hydrogen-bond acceptors (Lipinski definition) is 2. The Morgan fingerprint density at radius 1 is 1.18 bits per heavy atom. The van der Waals surface area contributed by atoms with Gasteiger partial charge in [0.15, 0.2) is 5.76 Å². The van der Waals surface area contributed by atoms with Crippen LogP contribution in [-0.4, -0.2) is 17.9 Å².